The van der Waals surface area contributed by atoms with Crippen LogP contribution in [0.1, 0.15) is 38.7 Å². The Morgan fingerprint density at radius 1 is 1.13 bits per heavy atom. The number of carbonyl (C=O) groups is 1. The van der Waals surface area contributed by atoms with Crippen LogP contribution in [0.25, 0.3) is 0 Å². The zero-order valence-electron chi connectivity index (χ0n) is 16.7. The van der Waals surface area contributed by atoms with Gasteiger partial charge >= 0.3 is 12.1 Å². The number of alkyl halides is 3. The first-order valence-corrected chi connectivity index (χ1v) is 9.50. The lowest BCUT2D eigenvalue weighted by Gasteiger charge is -2.20. The molecule has 0 aliphatic rings. The van der Waals surface area contributed by atoms with Crippen LogP contribution in [0.15, 0.2) is 42.6 Å². The fourth-order valence-corrected chi connectivity index (χ4v) is 2.33. The first-order chi connectivity index (χ1) is 14.2. The van der Waals surface area contributed by atoms with E-state index in [4.69, 9.17) is 14.2 Å². The molecule has 1 heterocycles. The Labute approximate surface area is 172 Å². The predicted molar refractivity (Wildman–Crippen MR) is 102 cm³/mol. The van der Waals surface area contributed by atoms with Gasteiger partial charge in [0.2, 0.25) is 5.88 Å². The van der Waals surface area contributed by atoms with Gasteiger partial charge in [0.05, 0.1) is 18.6 Å². The summed E-state index contributed by atoms with van der Waals surface area (Å²) in [4.78, 5) is 15.3. The zero-order valence-corrected chi connectivity index (χ0v) is 16.7. The number of unbranched alkanes of at least 4 members (excludes halogenated alkanes) is 1. The molecule has 0 aliphatic carbocycles. The van der Waals surface area contributed by atoms with Crippen molar-refractivity contribution in [1.29, 1.82) is 0 Å². The maximum absolute atomic E-state index is 12.6. The summed E-state index contributed by atoms with van der Waals surface area (Å²) in [6.45, 7) is 3.93. The third kappa shape index (κ3) is 7.55. The predicted octanol–water partition coefficient (Wildman–Crippen LogP) is 4.75. The van der Waals surface area contributed by atoms with Crippen molar-refractivity contribution < 1.29 is 37.3 Å². The number of benzene rings is 1. The molecule has 0 amide bonds. The normalized spacial score (nSPS) is 13.4. The fraction of sp³-hybridized carbons (Fsp3) is 0.429. The third-order valence-electron chi connectivity index (χ3n) is 4.11. The van der Waals surface area contributed by atoms with E-state index in [1.54, 1.807) is 31.2 Å². The molecule has 0 spiro atoms. The van der Waals surface area contributed by atoms with Gasteiger partial charge < -0.3 is 19.3 Å². The molecule has 0 saturated carbocycles. The van der Waals surface area contributed by atoms with Crippen LogP contribution < -0.4 is 9.47 Å². The summed E-state index contributed by atoms with van der Waals surface area (Å²) in [5.41, 5.74) is -0.861. The van der Waals surface area contributed by atoms with Crippen molar-refractivity contribution in [3.63, 3.8) is 0 Å². The molecule has 0 aliphatic heterocycles. The smallest absolute Gasteiger partial charge is 0.417 e. The van der Waals surface area contributed by atoms with Crippen molar-refractivity contribution >= 4 is 5.97 Å². The average molecular weight is 427 g/mol. The molecule has 1 aromatic heterocycles. The molecule has 2 atom stereocenters. The van der Waals surface area contributed by atoms with Crippen molar-refractivity contribution in [3.8, 4) is 17.4 Å². The molecule has 164 valence electrons. The number of ether oxygens (including phenoxy) is 3. The maximum Gasteiger partial charge on any atom is 0.417 e. The number of hydrogen-bond acceptors (Lipinski definition) is 6. The third-order valence-corrected chi connectivity index (χ3v) is 4.11. The molecule has 1 aromatic carbocycles. The van der Waals surface area contributed by atoms with E-state index < -0.39 is 29.9 Å². The summed E-state index contributed by atoms with van der Waals surface area (Å²) in [6, 6.07) is 8.26. The van der Waals surface area contributed by atoms with Crippen molar-refractivity contribution in [2.24, 2.45) is 0 Å². The summed E-state index contributed by atoms with van der Waals surface area (Å²) in [5.74, 6) is 0.303. The van der Waals surface area contributed by atoms with Crippen molar-refractivity contribution in [3.05, 3.63) is 48.2 Å². The lowest BCUT2D eigenvalue weighted by atomic mass is 10.1. The van der Waals surface area contributed by atoms with Crippen LogP contribution in [-0.4, -0.2) is 34.9 Å². The Morgan fingerprint density at radius 2 is 1.80 bits per heavy atom. The lowest BCUT2D eigenvalue weighted by Crippen LogP contribution is -2.31. The Morgan fingerprint density at radius 3 is 2.37 bits per heavy atom. The van der Waals surface area contributed by atoms with Crippen LogP contribution in [0.3, 0.4) is 0 Å². The fourth-order valence-electron chi connectivity index (χ4n) is 2.33. The number of nitrogens with zero attached hydrogens (tertiary/aromatic N) is 1. The molecule has 0 fully saturated rings. The number of pyridine rings is 1. The highest BCUT2D eigenvalue weighted by molar-refractivity contribution is 5.70. The molecule has 2 rings (SSSR count). The number of esters is 1. The Kier molecular flexibility index (Phi) is 8.46. The van der Waals surface area contributed by atoms with E-state index in [2.05, 4.69) is 4.98 Å². The molecule has 0 radical (unpaired) electrons. The van der Waals surface area contributed by atoms with Gasteiger partial charge in [0.1, 0.15) is 23.7 Å². The van der Waals surface area contributed by atoms with E-state index in [-0.39, 0.29) is 12.3 Å². The summed E-state index contributed by atoms with van der Waals surface area (Å²) in [5, 5.41) is 10.1. The van der Waals surface area contributed by atoms with E-state index in [9.17, 15) is 23.1 Å². The standard InChI is InChI=1S/C21H24F3NO5/c1-3-4-11-28-20(27)12-18(26)14(2)29-16-6-8-17(9-7-16)30-19-10-5-15(13-25-19)21(22,23)24/h5-10,13-14,18,26H,3-4,11-12H2,1-2H3. The number of aliphatic hydroxyl groups is 1. The Hall–Kier alpha value is -2.81. The summed E-state index contributed by atoms with van der Waals surface area (Å²) in [7, 11) is 0. The lowest BCUT2D eigenvalue weighted by molar-refractivity contribution is -0.147. The highest BCUT2D eigenvalue weighted by Gasteiger charge is 2.30. The van der Waals surface area contributed by atoms with E-state index in [1.165, 1.54) is 0 Å². The molecule has 6 nitrogen and oxygen atoms in total. The van der Waals surface area contributed by atoms with Crippen molar-refractivity contribution in [2.75, 3.05) is 6.61 Å². The van der Waals surface area contributed by atoms with Crippen LogP contribution in [0, 0.1) is 0 Å². The first-order valence-electron chi connectivity index (χ1n) is 9.50. The zero-order chi connectivity index (χ0) is 22.1. The monoisotopic (exact) mass is 427 g/mol. The van der Waals surface area contributed by atoms with E-state index in [0.29, 0.717) is 24.3 Å². The van der Waals surface area contributed by atoms with Crippen LogP contribution >= 0.6 is 0 Å². The Balaban J connectivity index is 1.85. The molecular weight excluding hydrogens is 403 g/mol. The van der Waals surface area contributed by atoms with Gasteiger partial charge in [-0.15, -0.1) is 0 Å². The molecule has 0 bridgehead atoms. The highest BCUT2D eigenvalue weighted by Crippen LogP contribution is 2.30. The van der Waals surface area contributed by atoms with Gasteiger partial charge in [0.15, 0.2) is 0 Å². The number of rotatable bonds is 10. The highest BCUT2D eigenvalue weighted by atomic mass is 19.4. The molecule has 2 aromatic rings. The second-order valence-electron chi connectivity index (χ2n) is 6.62. The van der Waals surface area contributed by atoms with Gasteiger partial charge in [-0.25, -0.2) is 4.98 Å². The van der Waals surface area contributed by atoms with Crippen LogP contribution in [0.2, 0.25) is 0 Å². The van der Waals surface area contributed by atoms with E-state index in [0.717, 1.165) is 25.0 Å². The van der Waals surface area contributed by atoms with Gasteiger partial charge in [-0.2, -0.15) is 13.2 Å². The average Bonchev–Trinajstić information content (AvgIpc) is 2.69. The Bertz CT molecular complexity index is 794. The van der Waals surface area contributed by atoms with Crippen LogP contribution in [0.4, 0.5) is 13.2 Å². The number of halogens is 3. The number of carbonyl (C=O) groups excluding carboxylic acids is 1. The molecule has 2 unspecified atom stereocenters. The minimum absolute atomic E-state index is 0.0158. The van der Waals surface area contributed by atoms with Gasteiger partial charge in [-0.3, -0.25) is 4.79 Å². The molecule has 1 N–H and O–H groups in total. The summed E-state index contributed by atoms with van der Waals surface area (Å²) >= 11 is 0. The van der Waals surface area contributed by atoms with E-state index in [1.807, 2.05) is 6.92 Å². The number of aromatic nitrogens is 1. The molecular formula is C21H24F3NO5. The summed E-state index contributed by atoms with van der Waals surface area (Å²) in [6.07, 6.45) is -3.96. The van der Waals surface area contributed by atoms with Crippen LogP contribution in [0.5, 0.6) is 17.4 Å². The maximum atomic E-state index is 12.6. The SMILES string of the molecule is CCCCOC(=O)CC(O)C(C)Oc1ccc(Oc2ccc(C(F)(F)F)cn2)cc1. The van der Waals surface area contributed by atoms with Gasteiger partial charge in [-0.05, 0) is 43.7 Å². The number of hydrogen-bond donors (Lipinski definition) is 1. The number of aliphatic hydroxyl groups excluding tert-OH is 1. The van der Waals surface area contributed by atoms with Crippen LogP contribution in [-0.2, 0) is 15.7 Å². The van der Waals surface area contributed by atoms with E-state index >= 15 is 0 Å². The quantitative estimate of drug-likeness (QED) is 0.435. The minimum Gasteiger partial charge on any atom is -0.488 e. The van der Waals surface area contributed by atoms with Crippen molar-refractivity contribution in [2.45, 2.75) is 51.5 Å². The topological polar surface area (TPSA) is 77.9 Å². The molecule has 30 heavy (non-hydrogen) atoms. The molecule has 0 saturated heterocycles. The van der Waals surface area contributed by atoms with Gasteiger partial charge in [0.25, 0.3) is 0 Å². The molecule has 9 heteroatoms. The second kappa shape index (κ2) is 10.8. The minimum atomic E-state index is -4.46. The summed E-state index contributed by atoms with van der Waals surface area (Å²) < 4.78 is 53.7. The first kappa shape index (κ1) is 23.5. The van der Waals surface area contributed by atoms with Gasteiger partial charge in [0, 0.05) is 12.3 Å². The largest absolute Gasteiger partial charge is 0.488 e. The van der Waals surface area contributed by atoms with Gasteiger partial charge in [-0.1, -0.05) is 13.3 Å². The van der Waals surface area contributed by atoms with Crippen molar-refractivity contribution in [1.82, 2.24) is 4.98 Å². The second-order valence-corrected chi connectivity index (χ2v) is 6.62.